The van der Waals surface area contributed by atoms with Crippen LogP contribution in [0, 0.1) is 19.8 Å². The van der Waals surface area contributed by atoms with E-state index in [-0.39, 0.29) is 11.8 Å². The smallest absolute Gasteiger partial charge is 0.279 e. The zero-order valence-electron chi connectivity index (χ0n) is 17.3. The Morgan fingerprint density at radius 1 is 0.963 bits per heavy atom. The molecule has 0 spiro atoms. The van der Waals surface area contributed by atoms with Gasteiger partial charge in [-0.2, -0.15) is 0 Å². The van der Waals surface area contributed by atoms with Crippen molar-refractivity contribution < 1.29 is 19.4 Å². The normalized spacial score (nSPS) is 19.7. The molecule has 0 unspecified atom stereocenters. The Hall–Kier alpha value is -1.92. The van der Waals surface area contributed by atoms with E-state index < -0.39 is 0 Å². The molecule has 150 valence electrons. The van der Waals surface area contributed by atoms with E-state index in [1.807, 2.05) is 32.0 Å². The maximum atomic E-state index is 12.4. The van der Waals surface area contributed by atoms with Gasteiger partial charge in [-0.1, -0.05) is 32.0 Å². The van der Waals surface area contributed by atoms with E-state index in [0.29, 0.717) is 19.0 Å². The molecule has 1 aliphatic heterocycles. The van der Waals surface area contributed by atoms with Gasteiger partial charge in [-0.25, -0.2) is 0 Å². The second kappa shape index (κ2) is 10.4. The van der Waals surface area contributed by atoms with Crippen LogP contribution in [0.25, 0.3) is 0 Å². The largest absolute Gasteiger partial charge is 0.351 e. The van der Waals surface area contributed by atoms with Gasteiger partial charge >= 0.3 is 0 Å². The number of para-hydroxylation sites is 1. The number of hydrogen-bond donors (Lipinski definition) is 4. The Morgan fingerprint density at radius 3 is 2.00 bits per heavy atom. The summed E-state index contributed by atoms with van der Waals surface area (Å²) >= 11 is 0. The predicted octanol–water partition coefficient (Wildman–Crippen LogP) is -0.812. The molecular weight excluding hydrogens is 340 g/mol. The first-order valence-corrected chi connectivity index (χ1v) is 10.1. The highest BCUT2D eigenvalue weighted by Gasteiger charge is 2.26. The molecule has 2 rings (SSSR count). The fourth-order valence-electron chi connectivity index (χ4n) is 3.52. The van der Waals surface area contributed by atoms with E-state index in [0.717, 1.165) is 56.0 Å². The molecule has 1 fully saturated rings. The lowest BCUT2D eigenvalue weighted by atomic mass is 10.1. The van der Waals surface area contributed by atoms with Crippen molar-refractivity contribution in [2.24, 2.45) is 5.92 Å². The number of amides is 2. The Labute approximate surface area is 163 Å². The molecular formula is C21H36N4O2+2. The Kier molecular flexibility index (Phi) is 8.25. The summed E-state index contributed by atoms with van der Waals surface area (Å²) in [5.41, 5.74) is 3.12. The number of rotatable bonds is 8. The molecule has 1 aromatic rings. The fourth-order valence-corrected chi connectivity index (χ4v) is 3.52. The van der Waals surface area contributed by atoms with Crippen LogP contribution in [-0.2, 0) is 9.59 Å². The summed E-state index contributed by atoms with van der Waals surface area (Å²) in [6.07, 6.45) is 1.02. The van der Waals surface area contributed by atoms with Gasteiger partial charge in [-0.3, -0.25) is 9.59 Å². The summed E-state index contributed by atoms with van der Waals surface area (Å²) in [5, 5.41) is 6.08. The minimum absolute atomic E-state index is 0.0669. The van der Waals surface area contributed by atoms with E-state index in [1.165, 1.54) is 9.80 Å². The van der Waals surface area contributed by atoms with Crippen LogP contribution >= 0.6 is 0 Å². The van der Waals surface area contributed by atoms with Gasteiger partial charge in [0, 0.05) is 12.2 Å². The highest BCUT2D eigenvalue weighted by molar-refractivity contribution is 5.93. The first-order valence-electron chi connectivity index (χ1n) is 10.1. The van der Waals surface area contributed by atoms with Crippen molar-refractivity contribution >= 4 is 17.5 Å². The van der Waals surface area contributed by atoms with Crippen LogP contribution in [0.5, 0.6) is 0 Å². The third-order valence-corrected chi connectivity index (χ3v) is 5.27. The lowest BCUT2D eigenvalue weighted by Gasteiger charge is -2.29. The van der Waals surface area contributed by atoms with Crippen molar-refractivity contribution in [2.75, 3.05) is 51.1 Å². The first-order chi connectivity index (χ1) is 12.8. The third-order valence-electron chi connectivity index (χ3n) is 5.27. The van der Waals surface area contributed by atoms with Crippen LogP contribution in [0.4, 0.5) is 5.69 Å². The molecule has 6 nitrogen and oxygen atoms in total. The van der Waals surface area contributed by atoms with Crippen molar-refractivity contribution in [3.63, 3.8) is 0 Å². The molecule has 0 aromatic heterocycles. The van der Waals surface area contributed by atoms with Gasteiger partial charge in [0.2, 0.25) is 0 Å². The molecule has 2 amide bonds. The zero-order valence-corrected chi connectivity index (χ0v) is 17.3. The van der Waals surface area contributed by atoms with Gasteiger partial charge in [-0.05, 0) is 37.3 Å². The monoisotopic (exact) mass is 376 g/mol. The average molecular weight is 377 g/mol. The number of anilines is 1. The molecule has 1 aliphatic rings. The molecule has 1 saturated heterocycles. The Bertz CT molecular complexity index is 617. The molecule has 1 aromatic carbocycles. The van der Waals surface area contributed by atoms with E-state index in [4.69, 9.17) is 0 Å². The van der Waals surface area contributed by atoms with Crippen LogP contribution in [-0.4, -0.2) is 57.6 Å². The average Bonchev–Trinajstić information content (AvgIpc) is 2.60. The number of piperazine rings is 1. The summed E-state index contributed by atoms with van der Waals surface area (Å²) in [5.74, 6) is 0.818. The third kappa shape index (κ3) is 7.31. The zero-order chi connectivity index (χ0) is 19.8. The van der Waals surface area contributed by atoms with Gasteiger partial charge in [0.1, 0.15) is 26.2 Å². The molecule has 0 aliphatic carbocycles. The van der Waals surface area contributed by atoms with Crippen LogP contribution in [0.15, 0.2) is 18.2 Å². The predicted molar refractivity (Wildman–Crippen MR) is 108 cm³/mol. The number of quaternary nitrogens is 2. The topological polar surface area (TPSA) is 67.1 Å². The van der Waals surface area contributed by atoms with Crippen molar-refractivity contribution in [1.82, 2.24) is 5.32 Å². The second-order valence-corrected chi connectivity index (χ2v) is 8.20. The van der Waals surface area contributed by atoms with Gasteiger partial charge in [0.05, 0.1) is 0 Å². The van der Waals surface area contributed by atoms with Crippen LogP contribution in [0.1, 0.15) is 31.4 Å². The summed E-state index contributed by atoms with van der Waals surface area (Å²) in [4.78, 5) is 27.0. The second-order valence-electron chi connectivity index (χ2n) is 8.20. The highest BCUT2D eigenvalue weighted by atomic mass is 16.2. The molecule has 4 N–H and O–H groups in total. The van der Waals surface area contributed by atoms with Gasteiger partial charge in [0.15, 0.2) is 13.1 Å². The lowest BCUT2D eigenvalue weighted by Crippen LogP contribution is -3.28. The lowest BCUT2D eigenvalue weighted by molar-refractivity contribution is -1.00. The first kappa shape index (κ1) is 21.4. The summed E-state index contributed by atoms with van der Waals surface area (Å²) in [7, 11) is 0. The van der Waals surface area contributed by atoms with E-state index in [2.05, 4.69) is 24.5 Å². The summed E-state index contributed by atoms with van der Waals surface area (Å²) in [6.45, 7) is 13.9. The molecule has 0 saturated carbocycles. The van der Waals surface area contributed by atoms with Crippen LogP contribution < -0.4 is 20.4 Å². The molecule has 6 heteroatoms. The maximum Gasteiger partial charge on any atom is 0.279 e. The standard InChI is InChI=1S/C21H34N4O2/c1-16(2)8-9-22-19(26)14-24-10-12-25(13-11-24)15-20(27)23-21-17(3)6-5-7-18(21)4/h5-7,16H,8-15H2,1-4H3,(H,22,26)(H,23,27)/p+2. The quantitative estimate of drug-likeness (QED) is 0.479. The molecule has 0 bridgehead atoms. The highest BCUT2D eigenvalue weighted by Crippen LogP contribution is 2.18. The number of benzene rings is 1. The SMILES string of the molecule is Cc1cccc(C)c1NC(=O)C[NH+]1CC[NH+](CC(=O)NCCC(C)C)CC1. The van der Waals surface area contributed by atoms with Gasteiger partial charge in [-0.15, -0.1) is 0 Å². The number of carbonyl (C=O) groups excluding carboxylic acids is 2. The fraction of sp³-hybridized carbons (Fsp3) is 0.619. The summed E-state index contributed by atoms with van der Waals surface area (Å²) in [6, 6.07) is 6.04. The number of carbonyl (C=O) groups is 2. The molecule has 27 heavy (non-hydrogen) atoms. The molecule has 0 radical (unpaired) electrons. The van der Waals surface area contributed by atoms with E-state index in [1.54, 1.807) is 0 Å². The Balaban J connectivity index is 1.69. The van der Waals surface area contributed by atoms with Crippen molar-refractivity contribution in [1.29, 1.82) is 0 Å². The Morgan fingerprint density at radius 2 is 1.48 bits per heavy atom. The summed E-state index contributed by atoms with van der Waals surface area (Å²) < 4.78 is 0. The number of hydrogen-bond acceptors (Lipinski definition) is 2. The number of aryl methyl sites for hydroxylation is 2. The van der Waals surface area contributed by atoms with E-state index in [9.17, 15) is 9.59 Å². The van der Waals surface area contributed by atoms with E-state index >= 15 is 0 Å². The van der Waals surface area contributed by atoms with Crippen molar-refractivity contribution in [2.45, 2.75) is 34.1 Å². The number of nitrogens with one attached hydrogen (secondary N) is 4. The van der Waals surface area contributed by atoms with Gasteiger partial charge in [0.25, 0.3) is 11.8 Å². The van der Waals surface area contributed by atoms with Crippen LogP contribution in [0.2, 0.25) is 0 Å². The minimum atomic E-state index is 0.0669. The van der Waals surface area contributed by atoms with Crippen molar-refractivity contribution in [3.8, 4) is 0 Å². The van der Waals surface area contributed by atoms with Crippen LogP contribution in [0.3, 0.4) is 0 Å². The minimum Gasteiger partial charge on any atom is -0.351 e. The maximum absolute atomic E-state index is 12.4. The molecule has 0 atom stereocenters. The van der Waals surface area contributed by atoms with Crippen molar-refractivity contribution in [3.05, 3.63) is 29.3 Å². The van der Waals surface area contributed by atoms with Gasteiger partial charge < -0.3 is 20.4 Å². The molecule has 1 heterocycles.